The van der Waals surface area contributed by atoms with Crippen LogP contribution in [0.15, 0.2) is 48.5 Å². The lowest BCUT2D eigenvalue weighted by Crippen LogP contribution is -2.20. The lowest BCUT2D eigenvalue weighted by molar-refractivity contribution is -0.119. The number of nitrogens with one attached hydrogen (secondary N) is 1. The molecule has 1 aliphatic rings. The molecule has 0 aromatic heterocycles. The van der Waals surface area contributed by atoms with Crippen LogP contribution in [-0.2, 0) is 16.0 Å². The first kappa shape index (κ1) is 20.3. The van der Waals surface area contributed by atoms with E-state index in [1.807, 2.05) is 35.7 Å². The number of amides is 1. The Labute approximate surface area is 172 Å². The monoisotopic (exact) mass is 412 g/mol. The van der Waals surface area contributed by atoms with Crippen LogP contribution in [0.3, 0.4) is 0 Å². The summed E-state index contributed by atoms with van der Waals surface area (Å²) in [6.07, 6.45) is 1.56. The first-order chi connectivity index (χ1) is 13.7. The minimum Gasteiger partial charge on any atom is -0.452 e. The van der Waals surface area contributed by atoms with Crippen LogP contribution in [0.25, 0.3) is 0 Å². The molecule has 0 atom stereocenters. The topological polar surface area (TPSA) is 79.2 Å². The van der Waals surface area contributed by atoms with Gasteiger partial charge in [0, 0.05) is 5.69 Å². The van der Waals surface area contributed by atoms with Crippen molar-refractivity contribution in [3.05, 3.63) is 65.2 Å². The number of nitrogens with zero attached hydrogens (tertiary/aromatic N) is 1. The van der Waals surface area contributed by atoms with E-state index in [4.69, 9.17) is 10.00 Å². The Morgan fingerprint density at radius 2 is 1.75 bits per heavy atom. The molecule has 1 heterocycles. The summed E-state index contributed by atoms with van der Waals surface area (Å²) in [6, 6.07) is 16.4. The standard InChI is InChI=1S/C21H20N2O3S2/c22-11-10-15-2-8-18(9-3-15)23-19(24)14-26-20(25)16-4-6-17(7-5-16)21-27-12-1-13-28-21/h2-9,21H,1,10,12-14H2,(H,23,24). The summed E-state index contributed by atoms with van der Waals surface area (Å²) in [6.45, 7) is -0.352. The highest BCUT2D eigenvalue weighted by atomic mass is 32.2. The van der Waals surface area contributed by atoms with Crippen LogP contribution in [-0.4, -0.2) is 30.0 Å². The van der Waals surface area contributed by atoms with Gasteiger partial charge < -0.3 is 10.1 Å². The number of ether oxygens (including phenoxy) is 1. The fourth-order valence-corrected chi connectivity index (χ4v) is 5.56. The minimum absolute atomic E-state index is 0.322. The number of hydrogen-bond acceptors (Lipinski definition) is 6. The third kappa shape index (κ3) is 5.78. The van der Waals surface area contributed by atoms with E-state index in [0.29, 0.717) is 22.3 Å². The second-order valence-corrected chi connectivity index (χ2v) is 8.93. The Morgan fingerprint density at radius 3 is 2.39 bits per heavy atom. The second-order valence-electron chi connectivity index (χ2n) is 6.21. The molecule has 2 aromatic carbocycles. The summed E-state index contributed by atoms with van der Waals surface area (Å²) in [4.78, 5) is 24.1. The van der Waals surface area contributed by atoms with Crippen molar-refractivity contribution in [2.75, 3.05) is 23.4 Å². The lowest BCUT2D eigenvalue weighted by Gasteiger charge is -2.21. The summed E-state index contributed by atoms with van der Waals surface area (Å²) in [5.41, 5.74) is 3.10. The Bertz CT molecular complexity index is 855. The SMILES string of the molecule is N#CCc1ccc(NC(=O)COC(=O)c2ccc(C3SCCCS3)cc2)cc1. The zero-order valence-electron chi connectivity index (χ0n) is 15.2. The van der Waals surface area contributed by atoms with Gasteiger partial charge in [0.05, 0.1) is 22.6 Å². The molecule has 1 amide bonds. The number of hydrogen-bond donors (Lipinski definition) is 1. The van der Waals surface area contributed by atoms with Crippen LogP contribution in [0.5, 0.6) is 0 Å². The van der Waals surface area contributed by atoms with Crippen molar-refractivity contribution >= 4 is 41.1 Å². The molecule has 0 bridgehead atoms. The highest BCUT2D eigenvalue weighted by molar-refractivity contribution is 8.16. The van der Waals surface area contributed by atoms with Crippen molar-refractivity contribution in [2.24, 2.45) is 0 Å². The van der Waals surface area contributed by atoms with Gasteiger partial charge in [-0.05, 0) is 53.3 Å². The average molecular weight is 413 g/mol. The van der Waals surface area contributed by atoms with Crippen molar-refractivity contribution in [1.29, 1.82) is 5.26 Å². The zero-order chi connectivity index (χ0) is 19.8. The van der Waals surface area contributed by atoms with Gasteiger partial charge in [-0.2, -0.15) is 5.26 Å². The predicted molar refractivity (Wildman–Crippen MR) is 113 cm³/mol. The van der Waals surface area contributed by atoms with Crippen molar-refractivity contribution in [1.82, 2.24) is 0 Å². The van der Waals surface area contributed by atoms with Gasteiger partial charge in [-0.25, -0.2) is 4.79 Å². The first-order valence-corrected chi connectivity index (χ1v) is 11.0. The van der Waals surface area contributed by atoms with E-state index in [2.05, 4.69) is 11.4 Å². The number of carbonyl (C=O) groups is 2. The number of anilines is 1. The number of thioether (sulfide) groups is 2. The summed E-state index contributed by atoms with van der Waals surface area (Å²) in [5, 5.41) is 11.3. The fourth-order valence-electron chi connectivity index (χ4n) is 2.67. The number of nitriles is 1. The molecular formula is C21H20N2O3S2. The molecular weight excluding hydrogens is 392 g/mol. The quantitative estimate of drug-likeness (QED) is 0.708. The molecule has 28 heavy (non-hydrogen) atoms. The minimum atomic E-state index is -0.519. The van der Waals surface area contributed by atoms with Gasteiger partial charge in [0.15, 0.2) is 6.61 Å². The van der Waals surface area contributed by atoms with Crippen LogP contribution >= 0.6 is 23.5 Å². The van der Waals surface area contributed by atoms with E-state index in [0.717, 1.165) is 17.1 Å². The second kappa shape index (κ2) is 10.2. The fraction of sp³-hybridized carbons (Fsp3) is 0.286. The number of rotatable bonds is 6. The van der Waals surface area contributed by atoms with Gasteiger partial charge in [0.1, 0.15) is 0 Å². The Kier molecular flexibility index (Phi) is 7.40. The Balaban J connectivity index is 1.47. The van der Waals surface area contributed by atoms with Crippen LogP contribution in [0.2, 0.25) is 0 Å². The number of esters is 1. The molecule has 1 fully saturated rings. The molecule has 0 unspecified atom stereocenters. The maximum atomic E-state index is 12.2. The van der Waals surface area contributed by atoms with Crippen molar-refractivity contribution in [3.8, 4) is 6.07 Å². The number of carbonyl (C=O) groups excluding carboxylic acids is 2. The van der Waals surface area contributed by atoms with E-state index in [1.165, 1.54) is 12.0 Å². The van der Waals surface area contributed by atoms with Gasteiger partial charge in [-0.15, -0.1) is 23.5 Å². The smallest absolute Gasteiger partial charge is 0.338 e. The molecule has 1 saturated heterocycles. The van der Waals surface area contributed by atoms with Gasteiger partial charge in [-0.1, -0.05) is 24.3 Å². The normalized spacial score (nSPS) is 14.1. The zero-order valence-corrected chi connectivity index (χ0v) is 16.9. The van der Waals surface area contributed by atoms with Gasteiger partial charge >= 0.3 is 5.97 Å². The molecule has 7 heteroatoms. The molecule has 1 N–H and O–H groups in total. The van der Waals surface area contributed by atoms with Crippen LogP contribution in [0, 0.1) is 11.3 Å². The molecule has 0 saturated carbocycles. The molecule has 144 valence electrons. The first-order valence-electron chi connectivity index (χ1n) is 8.92. The highest BCUT2D eigenvalue weighted by Gasteiger charge is 2.17. The van der Waals surface area contributed by atoms with Crippen molar-refractivity contribution in [3.63, 3.8) is 0 Å². The lowest BCUT2D eigenvalue weighted by atomic mass is 10.1. The predicted octanol–water partition coefficient (Wildman–Crippen LogP) is 4.42. The third-order valence-electron chi connectivity index (χ3n) is 4.10. The van der Waals surface area contributed by atoms with Crippen LogP contribution in [0.1, 0.15) is 32.5 Å². The van der Waals surface area contributed by atoms with Gasteiger partial charge in [0.25, 0.3) is 5.91 Å². The summed E-state index contributed by atoms with van der Waals surface area (Å²) in [7, 11) is 0. The van der Waals surface area contributed by atoms with Crippen molar-refractivity contribution in [2.45, 2.75) is 17.4 Å². The van der Waals surface area contributed by atoms with E-state index in [-0.39, 0.29) is 6.61 Å². The average Bonchev–Trinajstić information content (AvgIpc) is 2.74. The maximum Gasteiger partial charge on any atom is 0.338 e. The largest absolute Gasteiger partial charge is 0.452 e. The molecule has 5 nitrogen and oxygen atoms in total. The van der Waals surface area contributed by atoms with E-state index >= 15 is 0 Å². The van der Waals surface area contributed by atoms with Crippen molar-refractivity contribution < 1.29 is 14.3 Å². The molecule has 1 aliphatic heterocycles. The van der Waals surface area contributed by atoms with Crippen LogP contribution < -0.4 is 5.32 Å². The third-order valence-corrected chi connectivity index (χ3v) is 7.12. The Hall–Kier alpha value is -2.43. The molecule has 3 rings (SSSR count). The van der Waals surface area contributed by atoms with E-state index < -0.39 is 11.9 Å². The van der Waals surface area contributed by atoms with Gasteiger partial charge in [0.2, 0.25) is 0 Å². The summed E-state index contributed by atoms with van der Waals surface area (Å²) >= 11 is 3.85. The molecule has 0 radical (unpaired) electrons. The van der Waals surface area contributed by atoms with Gasteiger partial charge in [-0.3, -0.25) is 4.79 Å². The highest BCUT2D eigenvalue weighted by Crippen LogP contribution is 2.43. The van der Waals surface area contributed by atoms with Crippen LogP contribution in [0.4, 0.5) is 5.69 Å². The van der Waals surface area contributed by atoms with E-state index in [1.54, 1.807) is 36.4 Å². The maximum absolute atomic E-state index is 12.2. The van der Waals surface area contributed by atoms with E-state index in [9.17, 15) is 9.59 Å². The Morgan fingerprint density at radius 1 is 1.07 bits per heavy atom. The number of benzene rings is 2. The molecule has 0 aliphatic carbocycles. The summed E-state index contributed by atoms with van der Waals surface area (Å²) in [5.74, 6) is 1.40. The molecule has 2 aromatic rings. The summed E-state index contributed by atoms with van der Waals surface area (Å²) < 4.78 is 5.53. The molecule has 0 spiro atoms.